The maximum absolute atomic E-state index is 10.1. The third-order valence-corrected chi connectivity index (χ3v) is 9.63. The third-order valence-electron chi connectivity index (χ3n) is 9.63. The summed E-state index contributed by atoms with van der Waals surface area (Å²) in [5.41, 5.74) is 2.42. The molecule has 0 saturated carbocycles. The minimum Gasteiger partial charge on any atom is -0.311 e. The lowest BCUT2D eigenvalue weighted by atomic mass is 9.33. The average molecular weight is 634 g/mol. The van der Waals surface area contributed by atoms with Gasteiger partial charge in [0.05, 0.1) is 24.9 Å². The second kappa shape index (κ2) is 10.00. The van der Waals surface area contributed by atoms with Gasteiger partial charge in [-0.15, -0.1) is 0 Å². The molecule has 6 aromatic carbocycles. The molecule has 0 fully saturated rings. The summed E-state index contributed by atoms with van der Waals surface area (Å²) < 4.78 is 122. The van der Waals surface area contributed by atoms with Crippen molar-refractivity contribution >= 4 is 62.0 Å². The highest BCUT2D eigenvalue weighted by molar-refractivity contribution is 7.00. The van der Waals surface area contributed by atoms with E-state index in [0.717, 1.165) is 27.3 Å². The molecule has 0 atom stereocenters. The van der Waals surface area contributed by atoms with Crippen LogP contribution in [0.1, 0.15) is 76.1 Å². The normalized spacial score (nSPS) is 17.8. The molecule has 0 spiro atoms. The molecule has 0 unspecified atom stereocenters. The molecule has 234 valence electrons. The zero-order valence-electron chi connectivity index (χ0n) is 40.7. The lowest BCUT2D eigenvalue weighted by molar-refractivity contribution is 0.590. The molecule has 2 aliphatic rings. The highest BCUT2D eigenvalue weighted by Crippen LogP contribution is 2.46. The van der Waals surface area contributed by atoms with Gasteiger partial charge in [-0.1, -0.05) is 126 Å². The van der Waals surface area contributed by atoms with E-state index in [4.69, 9.17) is 8.22 Å². The highest BCUT2D eigenvalue weighted by Gasteiger charge is 2.43. The summed E-state index contributed by atoms with van der Waals surface area (Å²) in [5.74, 6) is 0. The monoisotopic (exact) mass is 633 g/mol. The van der Waals surface area contributed by atoms with Crippen LogP contribution >= 0.6 is 0 Å². The predicted octanol–water partition coefficient (Wildman–Crippen LogP) is 9.97. The van der Waals surface area contributed by atoms with E-state index in [1.165, 1.54) is 11.0 Å². The molecule has 48 heavy (non-hydrogen) atoms. The Balaban J connectivity index is 1.58. The van der Waals surface area contributed by atoms with Gasteiger partial charge in [-0.05, 0) is 92.7 Å². The fourth-order valence-electron chi connectivity index (χ4n) is 7.40. The standard InChI is InChI=1S/C45H41BN2/c1-28-24-40-42-41(25-28)48-37-19-12-11-16-32(37)33-17-13-18-36(43(33)48)46(42)35-22-20-31(45(5,6)7)27-39(35)47(40)38-23-21-30(44(2,3)4)26-34(38)29-14-9-8-10-15-29/h8-27H,1-7H3/i1D3,8D,9D,10D,14D,15D,20D,21D,23D,26D,27D. The molecule has 0 bridgehead atoms. The van der Waals surface area contributed by atoms with Crippen molar-refractivity contribution in [3.63, 3.8) is 0 Å². The Morgan fingerprint density at radius 3 is 2.15 bits per heavy atom. The zero-order valence-corrected chi connectivity index (χ0v) is 27.7. The number of hydrogen-bond donors (Lipinski definition) is 0. The predicted molar refractivity (Wildman–Crippen MR) is 208 cm³/mol. The Hall–Kier alpha value is -5.02. The second-order valence-electron chi connectivity index (χ2n) is 14.9. The number of fused-ring (bicyclic) bond motifs is 7. The minimum atomic E-state index is -2.67. The molecular weight excluding hydrogens is 579 g/mol. The Morgan fingerprint density at radius 1 is 0.646 bits per heavy atom. The molecule has 0 aliphatic carbocycles. The molecule has 2 aliphatic heterocycles. The summed E-state index contributed by atoms with van der Waals surface area (Å²) in [4.78, 5) is 1.52. The summed E-state index contributed by atoms with van der Waals surface area (Å²) in [5, 5.41) is 1.86. The number of rotatable bonds is 2. The van der Waals surface area contributed by atoms with Crippen molar-refractivity contribution < 1.29 is 17.8 Å². The van der Waals surface area contributed by atoms with E-state index in [9.17, 15) is 9.60 Å². The Bertz CT molecular complexity index is 3090. The molecule has 0 N–H and O–H groups in total. The van der Waals surface area contributed by atoms with Crippen molar-refractivity contribution in [1.82, 2.24) is 4.57 Å². The quantitative estimate of drug-likeness (QED) is 0.172. The first kappa shape index (κ1) is 18.5. The fraction of sp³-hybridized carbons (Fsp3) is 0.200. The van der Waals surface area contributed by atoms with Gasteiger partial charge < -0.3 is 9.47 Å². The summed E-state index contributed by atoms with van der Waals surface area (Å²) >= 11 is 0. The molecule has 3 heteroatoms. The average Bonchev–Trinajstić information content (AvgIpc) is 3.51. The number of aromatic nitrogens is 1. The first-order chi connectivity index (χ1) is 28.4. The van der Waals surface area contributed by atoms with Crippen LogP contribution in [0.5, 0.6) is 0 Å². The first-order valence-corrected chi connectivity index (χ1v) is 16.3. The highest BCUT2D eigenvalue weighted by atomic mass is 15.2. The Kier molecular flexibility index (Phi) is 3.86. The van der Waals surface area contributed by atoms with Crippen LogP contribution in [-0.4, -0.2) is 11.3 Å². The van der Waals surface area contributed by atoms with E-state index >= 15 is 0 Å². The van der Waals surface area contributed by atoms with Gasteiger partial charge in [-0.2, -0.15) is 0 Å². The van der Waals surface area contributed by atoms with Gasteiger partial charge in [-0.3, -0.25) is 0 Å². The van der Waals surface area contributed by atoms with E-state index < -0.39 is 60.6 Å². The molecule has 9 rings (SSSR count). The SMILES string of the molecule is [2H]c1cc2c(c([2H])c1C(C)(C)C)N(c1c([2H])c([2H])c(C(C)(C)C)c([2H])c1-c1c([2H])c([2H])c([2H])c([2H])c1[2H])c1cc(C([2H])([2H])[2H])cc3c1B2c1cccc2c4ccccc4n-3c12. The van der Waals surface area contributed by atoms with Crippen LogP contribution in [0, 0.1) is 6.85 Å². The molecule has 0 amide bonds. The summed E-state index contributed by atoms with van der Waals surface area (Å²) in [6, 6.07) is 14.3. The van der Waals surface area contributed by atoms with E-state index in [1.54, 1.807) is 32.9 Å². The topological polar surface area (TPSA) is 8.17 Å². The largest absolute Gasteiger partial charge is 0.311 e. The van der Waals surface area contributed by atoms with Crippen LogP contribution in [0.25, 0.3) is 38.6 Å². The van der Waals surface area contributed by atoms with Crippen LogP contribution in [0.15, 0.2) is 121 Å². The summed E-state index contributed by atoms with van der Waals surface area (Å²) in [6.45, 7) is 7.62. The van der Waals surface area contributed by atoms with Crippen LogP contribution < -0.4 is 21.3 Å². The number of hydrogen-bond acceptors (Lipinski definition) is 1. The minimum absolute atomic E-state index is 0.0576. The molecule has 3 heterocycles. The van der Waals surface area contributed by atoms with Crippen LogP contribution in [0.2, 0.25) is 0 Å². The summed E-state index contributed by atoms with van der Waals surface area (Å²) in [6.07, 6.45) is 0. The molecule has 1 aromatic heterocycles. The summed E-state index contributed by atoms with van der Waals surface area (Å²) in [7, 11) is 0. The lowest BCUT2D eigenvalue weighted by Crippen LogP contribution is -2.60. The van der Waals surface area contributed by atoms with Gasteiger partial charge in [0.25, 0.3) is 6.71 Å². The first-order valence-electron chi connectivity index (χ1n) is 22.8. The van der Waals surface area contributed by atoms with Crippen molar-refractivity contribution in [1.29, 1.82) is 0 Å². The number of benzene rings is 6. The van der Waals surface area contributed by atoms with Crippen LogP contribution in [0.4, 0.5) is 17.1 Å². The van der Waals surface area contributed by atoms with Gasteiger partial charge in [0.2, 0.25) is 0 Å². The fourth-order valence-corrected chi connectivity index (χ4v) is 7.40. The number of aryl methyl sites for hydroxylation is 1. The van der Waals surface area contributed by atoms with E-state index in [-0.39, 0.29) is 63.5 Å². The van der Waals surface area contributed by atoms with Gasteiger partial charge in [0, 0.05) is 43.0 Å². The van der Waals surface area contributed by atoms with Gasteiger partial charge >= 0.3 is 0 Å². The third kappa shape index (κ3) is 4.13. The van der Waals surface area contributed by atoms with Crippen molar-refractivity contribution in [3.05, 3.63) is 138 Å². The Morgan fingerprint density at radius 2 is 1.38 bits per heavy atom. The van der Waals surface area contributed by atoms with Crippen molar-refractivity contribution in [2.24, 2.45) is 0 Å². The Labute approximate surface area is 303 Å². The second-order valence-corrected chi connectivity index (χ2v) is 14.9. The van der Waals surface area contributed by atoms with Crippen LogP contribution in [0.3, 0.4) is 0 Å². The molecular formula is C45H41BN2. The molecule has 0 saturated heterocycles. The maximum Gasteiger partial charge on any atom is 0.252 e. The smallest absolute Gasteiger partial charge is 0.252 e. The lowest BCUT2D eigenvalue weighted by Gasteiger charge is -2.42. The van der Waals surface area contributed by atoms with Crippen molar-refractivity contribution in [3.8, 4) is 16.8 Å². The zero-order chi connectivity index (χ0) is 44.3. The maximum atomic E-state index is 10.1. The molecule has 2 nitrogen and oxygen atoms in total. The number of para-hydroxylation sites is 2. The van der Waals surface area contributed by atoms with E-state index in [0.29, 0.717) is 22.2 Å². The van der Waals surface area contributed by atoms with E-state index in [1.807, 2.05) is 67.8 Å². The van der Waals surface area contributed by atoms with Crippen molar-refractivity contribution in [2.45, 2.75) is 59.2 Å². The van der Waals surface area contributed by atoms with Gasteiger partial charge in [-0.25, -0.2) is 0 Å². The van der Waals surface area contributed by atoms with Gasteiger partial charge in [0.15, 0.2) is 0 Å². The van der Waals surface area contributed by atoms with Gasteiger partial charge in [0.1, 0.15) is 0 Å². The van der Waals surface area contributed by atoms with Crippen molar-refractivity contribution in [2.75, 3.05) is 4.90 Å². The number of nitrogens with zero attached hydrogens (tertiary/aromatic N) is 2. The molecule has 7 aromatic rings. The molecule has 0 radical (unpaired) electrons. The number of anilines is 3. The van der Waals surface area contributed by atoms with E-state index in [2.05, 4.69) is 0 Å². The van der Waals surface area contributed by atoms with Crippen LogP contribution in [-0.2, 0) is 10.8 Å².